The van der Waals surface area contributed by atoms with Gasteiger partial charge in [-0.05, 0) is 33.5 Å². The highest BCUT2D eigenvalue weighted by molar-refractivity contribution is 6.76. The molecule has 1 fully saturated rings. The molecular formula is C8H26O7Si5. The Morgan fingerprint density at radius 2 is 1.40 bits per heavy atom. The first-order valence-electron chi connectivity index (χ1n) is 6.96. The zero-order chi connectivity index (χ0) is 15.2. The van der Waals surface area contributed by atoms with E-state index in [9.17, 15) is 0 Å². The lowest BCUT2D eigenvalue weighted by Gasteiger charge is -2.34. The largest absolute Gasteiger partial charge is 0.479 e. The lowest BCUT2D eigenvalue weighted by molar-refractivity contribution is 0.139. The van der Waals surface area contributed by atoms with Gasteiger partial charge in [0.1, 0.15) is 0 Å². The van der Waals surface area contributed by atoms with Crippen LogP contribution in [0.25, 0.3) is 0 Å². The van der Waals surface area contributed by atoms with Crippen LogP contribution >= 0.6 is 0 Å². The molecule has 0 aliphatic carbocycles. The zero-order valence-corrected chi connectivity index (χ0v) is 18.7. The van der Waals surface area contributed by atoms with Gasteiger partial charge in [-0.3, -0.25) is 0 Å². The highest BCUT2D eigenvalue weighted by Crippen LogP contribution is 2.16. The van der Waals surface area contributed by atoms with Gasteiger partial charge in [0, 0.05) is 19.8 Å². The third-order valence-corrected chi connectivity index (χ3v) is 17.9. The fraction of sp³-hybridized carbons (Fsp3) is 1.00. The van der Waals surface area contributed by atoms with Crippen molar-refractivity contribution in [1.29, 1.82) is 0 Å². The van der Waals surface area contributed by atoms with Crippen molar-refractivity contribution in [3.8, 4) is 0 Å². The van der Waals surface area contributed by atoms with Crippen LogP contribution in [0.4, 0.5) is 0 Å². The Bertz CT molecular complexity index is 288. The summed E-state index contributed by atoms with van der Waals surface area (Å²) in [6.07, 6.45) is 0. The maximum Gasteiger partial charge on any atom is 0.479 e. The van der Waals surface area contributed by atoms with E-state index >= 15 is 0 Å². The van der Waals surface area contributed by atoms with Crippen LogP contribution in [0.1, 0.15) is 13.8 Å². The normalized spacial score (nSPS) is 40.5. The molecule has 1 saturated heterocycles. The monoisotopic (exact) mass is 374 g/mol. The summed E-state index contributed by atoms with van der Waals surface area (Å²) < 4.78 is 40.9. The van der Waals surface area contributed by atoms with Crippen molar-refractivity contribution < 1.29 is 29.4 Å². The summed E-state index contributed by atoms with van der Waals surface area (Å²) in [5.74, 6) is 0. The van der Waals surface area contributed by atoms with Gasteiger partial charge in [0.2, 0.25) is 0 Å². The van der Waals surface area contributed by atoms with E-state index in [0.29, 0.717) is 13.2 Å². The first kappa shape index (κ1) is 18.9. The SMILES string of the molecule is CCO[SiH]1O[SiH](C)O[SiH](C)O[Si](C)(OCC)O[SiH](C)O1. The molecule has 0 aromatic carbocycles. The van der Waals surface area contributed by atoms with Crippen LogP contribution in [0.2, 0.25) is 26.2 Å². The molecule has 0 aromatic rings. The van der Waals surface area contributed by atoms with Crippen LogP contribution in [-0.4, -0.2) is 59.4 Å². The second-order valence-electron chi connectivity index (χ2n) is 4.39. The molecule has 5 atom stereocenters. The molecular weight excluding hydrogens is 349 g/mol. The van der Waals surface area contributed by atoms with Crippen LogP contribution < -0.4 is 0 Å². The summed E-state index contributed by atoms with van der Waals surface area (Å²) in [5, 5.41) is 0. The van der Waals surface area contributed by atoms with E-state index in [4.69, 9.17) is 29.4 Å². The molecule has 12 heteroatoms. The Morgan fingerprint density at radius 1 is 0.850 bits per heavy atom. The lowest BCUT2D eigenvalue weighted by Crippen LogP contribution is -2.54. The molecule has 1 rings (SSSR count). The van der Waals surface area contributed by atoms with Crippen molar-refractivity contribution in [2.24, 2.45) is 0 Å². The van der Waals surface area contributed by atoms with E-state index in [1.54, 1.807) is 0 Å². The highest BCUT2D eigenvalue weighted by Gasteiger charge is 2.41. The third kappa shape index (κ3) is 6.71. The van der Waals surface area contributed by atoms with Gasteiger partial charge in [0.25, 0.3) is 0 Å². The van der Waals surface area contributed by atoms with Crippen LogP contribution in [0.3, 0.4) is 0 Å². The smallest absolute Gasteiger partial charge is 0.420 e. The standard InChI is InChI=1S/C8H26O7Si5/c1-7-9-19-12-16(3)11-17(4)14-20(6,10-8-2)15-18(5)13-19/h16-19H,7-8H2,1-6H3. The summed E-state index contributed by atoms with van der Waals surface area (Å²) in [6.45, 7) is 12.8. The fourth-order valence-electron chi connectivity index (χ4n) is 1.88. The molecule has 0 spiro atoms. The minimum atomic E-state index is -2.68. The Labute approximate surface area is 129 Å². The van der Waals surface area contributed by atoms with Gasteiger partial charge >= 0.3 is 46.2 Å². The molecule has 120 valence electrons. The van der Waals surface area contributed by atoms with Gasteiger partial charge in [-0.25, -0.2) is 0 Å². The Kier molecular flexibility index (Phi) is 8.54. The van der Waals surface area contributed by atoms with Gasteiger partial charge in [-0.2, -0.15) is 0 Å². The lowest BCUT2D eigenvalue weighted by atomic mass is 10.9. The quantitative estimate of drug-likeness (QED) is 0.641. The van der Waals surface area contributed by atoms with E-state index in [1.807, 2.05) is 40.0 Å². The fourth-order valence-corrected chi connectivity index (χ4v) is 17.2. The first-order chi connectivity index (χ1) is 9.38. The van der Waals surface area contributed by atoms with Gasteiger partial charge < -0.3 is 29.4 Å². The molecule has 0 saturated carbocycles. The minimum Gasteiger partial charge on any atom is -0.420 e. The first-order valence-corrected chi connectivity index (χ1v) is 16.9. The molecule has 5 unspecified atom stereocenters. The Hall–Kier alpha value is 0.804. The molecule has 1 heterocycles. The second-order valence-corrected chi connectivity index (χ2v) is 15.9. The van der Waals surface area contributed by atoms with Gasteiger partial charge in [0.15, 0.2) is 0 Å². The van der Waals surface area contributed by atoms with Gasteiger partial charge in [-0.15, -0.1) is 0 Å². The zero-order valence-electron chi connectivity index (χ0n) is 13.1. The van der Waals surface area contributed by atoms with Crippen LogP contribution in [0.5, 0.6) is 0 Å². The van der Waals surface area contributed by atoms with Crippen molar-refractivity contribution in [2.75, 3.05) is 13.2 Å². The van der Waals surface area contributed by atoms with Crippen molar-refractivity contribution >= 4 is 46.2 Å². The third-order valence-electron chi connectivity index (χ3n) is 2.46. The summed E-state index contributed by atoms with van der Waals surface area (Å²) >= 11 is 0. The van der Waals surface area contributed by atoms with E-state index in [-0.39, 0.29) is 0 Å². The predicted molar refractivity (Wildman–Crippen MR) is 86.5 cm³/mol. The summed E-state index contributed by atoms with van der Waals surface area (Å²) in [5.41, 5.74) is 0. The summed E-state index contributed by atoms with van der Waals surface area (Å²) in [4.78, 5) is 0. The van der Waals surface area contributed by atoms with Crippen LogP contribution in [0.15, 0.2) is 0 Å². The molecule has 0 amide bonds. The van der Waals surface area contributed by atoms with Crippen LogP contribution in [0, 0.1) is 0 Å². The molecule has 0 aromatic heterocycles. The summed E-state index contributed by atoms with van der Waals surface area (Å²) in [6, 6.07) is 0. The van der Waals surface area contributed by atoms with Crippen molar-refractivity contribution in [1.82, 2.24) is 0 Å². The average Bonchev–Trinajstić information content (AvgIpc) is 2.26. The Balaban J connectivity index is 2.78. The predicted octanol–water partition coefficient (Wildman–Crippen LogP) is -0.00720. The summed E-state index contributed by atoms with van der Waals surface area (Å²) in [7, 11) is -10.4. The maximum absolute atomic E-state index is 5.99. The van der Waals surface area contributed by atoms with Crippen LogP contribution in [-0.2, 0) is 29.4 Å². The molecule has 0 N–H and O–H groups in total. The van der Waals surface area contributed by atoms with E-state index < -0.39 is 46.2 Å². The number of hydrogen-bond donors (Lipinski definition) is 0. The maximum atomic E-state index is 5.99. The van der Waals surface area contributed by atoms with Crippen molar-refractivity contribution in [2.45, 2.75) is 40.0 Å². The highest BCUT2D eigenvalue weighted by atomic mass is 28.5. The van der Waals surface area contributed by atoms with Crippen molar-refractivity contribution in [3.05, 3.63) is 0 Å². The topological polar surface area (TPSA) is 64.6 Å². The number of rotatable bonds is 4. The minimum absolute atomic E-state index is 0.556. The molecule has 7 nitrogen and oxygen atoms in total. The Morgan fingerprint density at radius 3 is 1.95 bits per heavy atom. The molecule has 1 aliphatic heterocycles. The average molecular weight is 375 g/mol. The van der Waals surface area contributed by atoms with E-state index in [2.05, 4.69) is 0 Å². The van der Waals surface area contributed by atoms with E-state index in [1.165, 1.54) is 0 Å². The van der Waals surface area contributed by atoms with Gasteiger partial charge in [-0.1, -0.05) is 0 Å². The molecule has 0 radical (unpaired) electrons. The van der Waals surface area contributed by atoms with E-state index in [0.717, 1.165) is 0 Å². The molecule has 1 aliphatic rings. The number of hydrogen-bond acceptors (Lipinski definition) is 7. The van der Waals surface area contributed by atoms with Gasteiger partial charge in [0.05, 0.1) is 0 Å². The molecule has 0 bridgehead atoms. The second kappa shape index (κ2) is 9.06. The van der Waals surface area contributed by atoms with Crippen molar-refractivity contribution in [3.63, 3.8) is 0 Å². The molecule has 20 heavy (non-hydrogen) atoms.